The van der Waals surface area contributed by atoms with Gasteiger partial charge in [-0.05, 0) is 31.0 Å². The third-order valence-electron chi connectivity index (χ3n) is 2.48. The average molecular weight is 259 g/mol. The molecule has 2 aromatic rings. The number of thiazole rings is 1. The van der Waals surface area contributed by atoms with E-state index in [1.807, 2.05) is 19.9 Å². The fraction of sp³-hybridized carbons (Fsp3) is 0.231. The molecule has 0 aliphatic rings. The topological polar surface area (TPSA) is 57.9 Å². The number of nitrogens with one attached hydrogen (secondary N) is 1. The van der Waals surface area contributed by atoms with Crippen LogP contribution in [0.4, 0.5) is 10.8 Å². The summed E-state index contributed by atoms with van der Waals surface area (Å²) in [6.45, 7) is 4.03. The minimum Gasteiger partial charge on any atom is -0.494 e. The van der Waals surface area contributed by atoms with Crippen LogP contribution in [0.25, 0.3) is 0 Å². The quantitative estimate of drug-likeness (QED) is 0.918. The lowest BCUT2D eigenvalue weighted by Gasteiger charge is -2.12. The summed E-state index contributed by atoms with van der Waals surface area (Å²) in [4.78, 5) is 4.73. The van der Waals surface area contributed by atoms with E-state index in [-0.39, 0.29) is 0 Å². The zero-order valence-corrected chi connectivity index (χ0v) is 11.3. The molecule has 4 nitrogen and oxygen atoms in total. The predicted octanol–water partition coefficient (Wildman–Crippen LogP) is 3.38. The van der Waals surface area contributed by atoms with Gasteiger partial charge in [-0.3, -0.25) is 0 Å². The molecule has 5 heteroatoms. The van der Waals surface area contributed by atoms with Crippen molar-refractivity contribution < 1.29 is 4.74 Å². The zero-order chi connectivity index (χ0) is 13.1. The summed E-state index contributed by atoms with van der Waals surface area (Å²) in [5.41, 5.74) is 3.08. The van der Waals surface area contributed by atoms with E-state index in [0.29, 0.717) is 10.0 Å². The van der Waals surface area contributed by atoms with Gasteiger partial charge in [0, 0.05) is 0 Å². The number of rotatable bonds is 3. The van der Waals surface area contributed by atoms with Crippen molar-refractivity contribution in [3.8, 4) is 11.8 Å². The van der Waals surface area contributed by atoms with E-state index in [2.05, 4.69) is 22.4 Å². The number of aryl methyl sites for hydroxylation is 2. The Labute approximate surface area is 110 Å². The molecule has 18 heavy (non-hydrogen) atoms. The van der Waals surface area contributed by atoms with E-state index < -0.39 is 0 Å². The highest BCUT2D eigenvalue weighted by Gasteiger charge is 2.09. The highest BCUT2D eigenvalue weighted by atomic mass is 32.1. The highest BCUT2D eigenvalue weighted by molar-refractivity contribution is 7.16. The second kappa shape index (κ2) is 5.07. The summed E-state index contributed by atoms with van der Waals surface area (Å²) in [7, 11) is 1.64. The first kappa shape index (κ1) is 12.4. The molecular weight excluding hydrogens is 246 g/mol. The Morgan fingerprint density at radius 2 is 2.17 bits per heavy atom. The van der Waals surface area contributed by atoms with Crippen molar-refractivity contribution in [1.82, 2.24) is 4.98 Å². The average Bonchev–Trinajstić information content (AvgIpc) is 2.76. The predicted molar refractivity (Wildman–Crippen MR) is 72.6 cm³/mol. The first-order chi connectivity index (χ1) is 8.63. The minimum atomic E-state index is 0.584. The molecule has 0 bridgehead atoms. The van der Waals surface area contributed by atoms with Crippen molar-refractivity contribution in [2.45, 2.75) is 13.8 Å². The first-order valence-electron chi connectivity index (χ1n) is 5.42. The van der Waals surface area contributed by atoms with Crippen molar-refractivity contribution in [3.63, 3.8) is 0 Å². The van der Waals surface area contributed by atoms with E-state index >= 15 is 0 Å². The number of aromatic nitrogens is 1. The number of benzene rings is 1. The van der Waals surface area contributed by atoms with Crippen molar-refractivity contribution in [2.24, 2.45) is 0 Å². The highest BCUT2D eigenvalue weighted by Crippen LogP contribution is 2.33. The molecule has 92 valence electrons. The molecule has 0 saturated heterocycles. The van der Waals surface area contributed by atoms with Gasteiger partial charge in [-0.2, -0.15) is 5.26 Å². The van der Waals surface area contributed by atoms with Crippen molar-refractivity contribution >= 4 is 22.2 Å². The maximum absolute atomic E-state index is 8.77. The van der Waals surface area contributed by atoms with E-state index in [0.717, 1.165) is 22.6 Å². The van der Waals surface area contributed by atoms with Crippen LogP contribution >= 0.6 is 11.3 Å². The van der Waals surface area contributed by atoms with Crippen LogP contribution in [0.15, 0.2) is 18.3 Å². The summed E-state index contributed by atoms with van der Waals surface area (Å²) in [6.07, 6.45) is 1.56. The molecule has 2 rings (SSSR count). The lowest BCUT2D eigenvalue weighted by Crippen LogP contribution is -1.97. The van der Waals surface area contributed by atoms with Gasteiger partial charge in [-0.1, -0.05) is 17.4 Å². The third kappa shape index (κ3) is 2.44. The monoisotopic (exact) mass is 259 g/mol. The molecule has 0 unspecified atom stereocenters. The molecule has 1 N–H and O–H groups in total. The summed E-state index contributed by atoms with van der Waals surface area (Å²) >= 11 is 1.32. The number of methoxy groups -OCH3 is 1. The number of ether oxygens (including phenoxy) is 1. The van der Waals surface area contributed by atoms with Crippen molar-refractivity contribution in [2.75, 3.05) is 12.4 Å². The molecule has 0 saturated carbocycles. The Hall–Kier alpha value is -2.06. The first-order valence-corrected chi connectivity index (χ1v) is 6.24. The van der Waals surface area contributed by atoms with Crippen LogP contribution in [0.1, 0.15) is 16.0 Å². The normalized spacial score (nSPS) is 9.89. The van der Waals surface area contributed by atoms with Crippen molar-refractivity contribution in [1.29, 1.82) is 5.26 Å². The Morgan fingerprint density at radius 1 is 1.39 bits per heavy atom. The fourth-order valence-electron chi connectivity index (χ4n) is 1.82. The fourth-order valence-corrected chi connectivity index (χ4v) is 2.44. The molecular formula is C13H13N3OS. The SMILES string of the molecule is COc1c(C)cc(C)cc1Nc1ncc(C#N)s1. The van der Waals surface area contributed by atoms with E-state index in [9.17, 15) is 0 Å². The molecule has 0 aliphatic carbocycles. The zero-order valence-electron chi connectivity index (χ0n) is 10.4. The van der Waals surface area contributed by atoms with Crippen LogP contribution in [0, 0.1) is 25.2 Å². The molecule has 0 atom stereocenters. The lowest BCUT2D eigenvalue weighted by molar-refractivity contribution is 0.413. The van der Waals surface area contributed by atoms with Gasteiger partial charge < -0.3 is 10.1 Å². The van der Waals surface area contributed by atoms with Gasteiger partial charge in [0.05, 0.1) is 19.0 Å². The Morgan fingerprint density at radius 3 is 2.78 bits per heavy atom. The smallest absolute Gasteiger partial charge is 0.188 e. The summed E-state index contributed by atoms with van der Waals surface area (Å²) in [5.74, 6) is 0.800. The number of hydrogen-bond acceptors (Lipinski definition) is 5. The van der Waals surface area contributed by atoms with Gasteiger partial charge >= 0.3 is 0 Å². The largest absolute Gasteiger partial charge is 0.494 e. The van der Waals surface area contributed by atoms with Crippen LogP contribution in [-0.4, -0.2) is 12.1 Å². The summed E-state index contributed by atoms with van der Waals surface area (Å²) < 4.78 is 5.39. The minimum absolute atomic E-state index is 0.584. The van der Waals surface area contributed by atoms with Crippen LogP contribution < -0.4 is 10.1 Å². The number of nitriles is 1. The van der Waals surface area contributed by atoms with Gasteiger partial charge in [-0.15, -0.1) is 0 Å². The van der Waals surface area contributed by atoms with Gasteiger partial charge in [0.15, 0.2) is 5.13 Å². The van der Waals surface area contributed by atoms with Gasteiger partial charge in [-0.25, -0.2) is 4.98 Å². The molecule has 0 fully saturated rings. The van der Waals surface area contributed by atoms with E-state index in [1.54, 1.807) is 13.3 Å². The molecule has 0 amide bonds. The number of nitrogens with zero attached hydrogens (tertiary/aromatic N) is 2. The molecule has 0 spiro atoms. The van der Waals surface area contributed by atoms with Gasteiger partial charge in [0.1, 0.15) is 16.7 Å². The second-order valence-electron chi connectivity index (χ2n) is 3.93. The summed E-state index contributed by atoms with van der Waals surface area (Å²) in [5, 5.41) is 12.7. The third-order valence-corrected chi connectivity index (χ3v) is 3.30. The summed E-state index contributed by atoms with van der Waals surface area (Å²) in [6, 6.07) is 6.13. The Bertz CT molecular complexity index is 613. The molecule has 1 heterocycles. The van der Waals surface area contributed by atoms with Crippen LogP contribution in [0.5, 0.6) is 5.75 Å². The lowest BCUT2D eigenvalue weighted by atomic mass is 10.1. The van der Waals surface area contributed by atoms with Crippen LogP contribution in [-0.2, 0) is 0 Å². The maximum Gasteiger partial charge on any atom is 0.188 e. The molecule has 1 aromatic carbocycles. The maximum atomic E-state index is 8.77. The van der Waals surface area contributed by atoms with Crippen molar-refractivity contribution in [3.05, 3.63) is 34.3 Å². The Balaban J connectivity index is 2.36. The molecule has 1 aromatic heterocycles. The van der Waals surface area contributed by atoms with Gasteiger partial charge in [0.25, 0.3) is 0 Å². The number of hydrogen-bond donors (Lipinski definition) is 1. The van der Waals surface area contributed by atoms with Crippen LogP contribution in [0.3, 0.4) is 0 Å². The molecule has 0 radical (unpaired) electrons. The van der Waals surface area contributed by atoms with Gasteiger partial charge in [0.2, 0.25) is 0 Å². The van der Waals surface area contributed by atoms with E-state index in [4.69, 9.17) is 10.00 Å². The number of anilines is 2. The van der Waals surface area contributed by atoms with Crippen LogP contribution in [0.2, 0.25) is 0 Å². The molecule has 0 aliphatic heterocycles. The standard InChI is InChI=1S/C13H13N3OS/c1-8-4-9(2)12(17-3)11(5-8)16-13-15-7-10(6-14)18-13/h4-5,7H,1-3H3,(H,15,16). The van der Waals surface area contributed by atoms with E-state index in [1.165, 1.54) is 11.3 Å². The Kier molecular flexibility index (Phi) is 3.49. The second-order valence-corrected chi connectivity index (χ2v) is 4.96.